The van der Waals surface area contributed by atoms with Crippen molar-refractivity contribution in [2.45, 2.75) is 143 Å². The summed E-state index contributed by atoms with van der Waals surface area (Å²) in [6, 6.07) is 4.08. The van der Waals surface area contributed by atoms with Gasteiger partial charge in [-0.25, -0.2) is 5.43 Å². The second kappa shape index (κ2) is 17.4. The Morgan fingerprint density at radius 1 is 0.750 bits per heavy atom. The molecule has 1 aromatic rings. The minimum Gasteiger partial charge on any atom is -0.507 e. The van der Waals surface area contributed by atoms with Gasteiger partial charge in [-0.2, -0.15) is 4.99 Å². The molecule has 0 amide bonds. The maximum atomic E-state index is 11.1. The molecule has 1 aliphatic heterocycles. The summed E-state index contributed by atoms with van der Waals surface area (Å²) >= 11 is 3.51. The molecule has 8 heteroatoms. The van der Waals surface area contributed by atoms with Crippen LogP contribution in [0.4, 0.5) is 5.69 Å². The minimum atomic E-state index is -0.196. The number of hydrazone groups is 1. The summed E-state index contributed by atoms with van der Waals surface area (Å²) in [5, 5.41) is 19.3. The van der Waals surface area contributed by atoms with Gasteiger partial charge in [0.05, 0.1) is 5.69 Å². The van der Waals surface area contributed by atoms with Crippen molar-refractivity contribution in [3.05, 3.63) is 23.3 Å². The molecule has 0 atom stereocenters. The van der Waals surface area contributed by atoms with Crippen LogP contribution in [-0.2, 0) is 10.8 Å². The average Bonchev–Trinajstić information content (AvgIpc) is 2.87. The number of aliphatic imine (C=N–C) groups is 1. The van der Waals surface area contributed by atoms with Gasteiger partial charge in [0.2, 0.25) is 5.17 Å². The van der Waals surface area contributed by atoms with Gasteiger partial charge in [0, 0.05) is 22.6 Å². The number of anilines is 1. The topological polar surface area (TPSA) is 72.2 Å². The zero-order chi connectivity index (χ0) is 29.6. The molecule has 0 unspecified atom stereocenters. The number of aromatic hydroxyl groups is 1. The second-order valence-electron chi connectivity index (χ2n) is 13.0. The zero-order valence-electron chi connectivity index (χ0n) is 26.7. The molecule has 1 aliphatic rings. The number of nitrogens with one attached hydrogen (secondary N) is 2. The molecule has 0 fully saturated rings. The first kappa shape index (κ1) is 34.7. The van der Waals surface area contributed by atoms with E-state index in [1.165, 1.54) is 77.0 Å². The lowest BCUT2D eigenvalue weighted by Gasteiger charge is -2.30. The fraction of sp³-hybridized carbons (Fsp3) is 0.750. The van der Waals surface area contributed by atoms with E-state index in [0.717, 1.165) is 38.7 Å². The molecule has 0 aromatic heterocycles. The zero-order valence-corrected chi connectivity index (χ0v) is 28.3. The van der Waals surface area contributed by atoms with Crippen LogP contribution in [0.2, 0.25) is 0 Å². The Kier molecular flexibility index (Phi) is 15.1. The van der Waals surface area contributed by atoms with Gasteiger partial charge in [0.25, 0.3) is 0 Å². The van der Waals surface area contributed by atoms with Crippen LogP contribution < -0.4 is 10.9 Å². The van der Waals surface area contributed by atoms with Gasteiger partial charge in [-0.05, 0) is 35.8 Å². The molecule has 3 N–H and O–H groups in total. The summed E-state index contributed by atoms with van der Waals surface area (Å²) < 4.78 is 0. The molecule has 6 nitrogen and oxygen atoms in total. The van der Waals surface area contributed by atoms with E-state index in [2.05, 4.69) is 66.2 Å². The van der Waals surface area contributed by atoms with Gasteiger partial charge in [-0.3, -0.25) is 5.43 Å². The number of thioether (sulfide) groups is 2. The summed E-state index contributed by atoms with van der Waals surface area (Å²) in [4.78, 5) is 4.86. The van der Waals surface area contributed by atoms with Crippen molar-refractivity contribution in [3.63, 3.8) is 0 Å². The molecule has 0 spiro atoms. The predicted octanol–water partition coefficient (Wildman–Crippen LogP) is 9.95. The summed E-state index contributed by atoms with van der Waals surface area (Å²) in [5.74, 6) is 2.45. The highest BCUT2D eigenvalue weighted by Gasteiger charge is 2.27. The van der Waals surface area contributed by atoms with E-state index in [0.29, 0.717) is 5.75 Å². The van der Waals surface area contributed by atoms with Crippen LogP contribution >= 0.6 is 23.5 Å². The van der Waals surface area contributed by atoms with E-state index in [1.807, 2.05) is 12.1 Å². The molecular weight excluding hydrogens is 535 g/mol. The van der Waals surface area contributed by atoms with Crippen LogP contribution in [0.3, 0.4) is 0 Å². The van der Waals surface area contributed by atoms with Crippen LogP contribution in [0.25, 0.3) is 0 Å². The van der Waals surface area contributed by atoms with E-state index in [4.69, 9.17) is 10.1 Å². The summed E-state index contributed by atoms with van der Waals surface area (Å²) in [7, 11) is 0. The van der Waals surface area contributed by atoms with E-state index in [9.17, 15) is 5.11 Å². The highest BCUT2D eigenvalue weighted by atomic mass is 32.2. The standard InChI is InChI=1S/C32H57N5OS2/c1-9-11-13-15-17-19-21-39-29-33-30(40-22-20-18-16-14-12-10-2)36-37(35-29)34-25-23-26(31(3,4)5)28(38)27(24-25)32(6,7)8/h23-24,34,38H,9-22H2,1-8H3,(H,33,35,36). The second-order valence-corrected chi connectivity index (χ2v) is 15.1. The molecule has 2 rings (SSSR count). The number of amidine groups is 2. The van der Waals surface area contributed by atoms with Crippen LogP contribution in [0.5, 0.6) is 5.75 Å². The van der Waals surface area contributed by atoms with Crippen LogP contribution in [0.15, 0.2) is 22.2 Å². The Bertz CT molecular complexity index is 915. The highest BCUT2D eigenvalue weighted by Crippen LogP contribution is 2.41. The molecule has 0 aliphatic carbocycles. The van der Waals surface area contributed by atoms with Crippen molar-refractivity contribution >= 4 is 39.5 Å². The number of phenolic OH excluding ortho intramolecular Hbond substituents is 1. The van der Waals surface area contributed by atoms with Crippen molar-refractivity contribution in [1.29, 1.82) is 0 Å². The molecule has 40 heavy (non-hydrogen) atoms. The van der Waals surface area contributed by atoms with E-state index >= 15 is 0 Å². The van der Waals surface area contributed by atoms with Gasteiger partial charge in [-0.15, -0.1) is 10.3 Å². The number of nitrogens with zero attached hydrogens (tertiary/aromatic N) is 3. The lowest BCUT2D eigenvalue weighted by Crippen LogP contribution is -2.44. The maximum absolute atomic E-state index is 11.1. The largest absolute Gasteiger partial charge is 0.507 e. The SMILES string of the molecule is CCCCCCCCSC1=NN(Nc2cc(C(C)(C)C)c(O)c(C(C)(C)C)c2)NC(SCCCCCCCC)=N1. The van der Waals surface area contributed by atoms with Crippen molar-refractivity contribution in [1.82, 2.24) is 10.7 Å². The van der Waals surface area contributed by atoms with Crippen LogP contribution in [0, 0.1) is 0 Å². The predicted molar refractivity (Wildman–Crippen MR) is 181 cm³/mol. The van der Waals surface area contributed by atoms with Crippen molar-refractivity contribution < 1.29 is 5.11 Å². The Morgan fingerprint density at radius 2 is 1.23 bits per heavy atom. The Morgan fingerprint density at radius 3 is 1.73 bits per heavy atom. The third-order valence-corrected chi connectivity index (χ3v) is 8.88. The third kappa shape index (κ3) is 12.5. The molecule has 0 saturated heterocycles. The number of hydrogen-bond donors (Lipinski definition) is 3. The molecule has 0 radical (unpaired) electrons. The lowest BCUT2D eigenvalue weighted by atomic mass is 9.79. The average molecular weight is 592 g/mol. The summed E-state index contributed by atoms with van der Waals surface area (Å²) in [6.45, 7) is 17.3. The molecule has 1 heterocycles. The van der Waals surface area contributed by atoms with Crippen molar-refractivity contribution in [2.24, 2.45) is 10.1 Å². The van der Waals surface area contributed by atoms with Crippen LogP contribution in [0.1, 0.15) is 144 Å². The van der Waals surface area contributed by atoms with E-state index in [1.54, 1.807) is 28.8 Å². The number of rotatable bonds is 16. The first-order valence-electron chi connectivity index (χ1n) is 15.6. The lowest BCUT2D eigenvalue weighted by molar-refractivity contribution is 0.303. The van der Waals surface area contributed by atoms with Crippen molar-refractivity contribution in [3.8, 4) is 5.75 Å². The molecule has 228 valence electrons. The van der Waals surface area contributed by atoms with Gasteiger partial charge in [0.1, 0.15) is 5.75 Å². The van der Waals surface area contributed by atoms with Gasteiger partial charge < -0.3 is 5.11 Å². The number of unbranched alkanes of at least 4 members (excludes halogenated alkanes) is 10. The fourth-order valence-corrected chi connectivity index (χ4v) is 6.30. The van der Waals surface area contributed by atoms with Gasteiger partial charge in [-0.1, -0.05) is 143 Å². The molecule has 1 aromatic carbocycles. The first-order valence-corrected chi connectivity index (χ1v) is 17.6. The fourth-order valence-electron chi connectivity index (χ4n) is 4.58. The van der Waals surface area contributed by atoms with Crippen molar-refractivity contribution in [2.75, 3.05) is 16.9 Å². The summed E-state index contributed by atoms with van der Waals surface area (Å²) in [5.41, 5.74) is 9.18. The van der Waals surface area contributed by atoms with Crippen LogP contribution in [-0.4, -0.2) is 32.2 Å². The highest BCUT2D eigenvalue weighted by molar-refractivity contribution is 8.15. The normalized spacial score (nSPS) is 14.2. The molecule has 0 saturated carbocycles. The van der Waals surface area contributed by atoms with Gasteiger partial charge in [0.15, 0.2) is 5.17 Å². The monoisotopic (exact) mass is 591 g/mol. The number of benzene rings is 1. The summed E-state index contributed by atoms with van der Waals surface area (Å²) in [6.07, 6.45) is 15.5. The minimum absolute atomic E-state index is 0.196. The molecular formula is C32H57N5OS2. The van der Waals surface area contributed by atoms with Gasteiger partial charge >= 0.3 is 0 Å². The maximum Gasteiger partial charge on any atom is 0.213 e. The quantitative estimate of drug-likeness (QED) is 0.131. The Balaban J connectivity index is 2.13. The van der Waals surface area contributed by atoms with E-state index < -0.39 is 0 Å². The first-order chi connectivity index (χ1) is 19.0. The van der Waals surface area contributed by atoms with E-state index in [-0.39, 0.29) is 10.8 Å². The number of hydrogen-bond acceptors (Lipinski definition) is 8. The smallest absolute Gasteiger partial charge is 0.213 e. The number of hydrazine groups is 2. The Hall–Kier alpha value is -1.54. The molecule has 0 bridgehead atoms. The Labute approximate surface area is 254 Å². The third-order valence-electron chi connectivity index (χ3n) is 7.01. The number of phenols is 1.